The summed E-state index contributed by atoms with van der Waals surface area (Å²) in [5, 5.41) is 10.3. The summed E-state index contributed by atoms with van der Waals surface area (Å²) in [5.74, 6) is 0. The van der Waals surface area contributed by atoms with Gasteiger partial charge in [-0.2, -0.15) is 0 Å². The molecular formula is C7H5Br2NO2. The largest absolute Gasteiger partial charge is 0.290 e. The number of benzene rings is 1. The summed E-state index contributed by atoms with van der Waals surface area (Å²) in [6, 6.07) is 6.94. The molecule has 3 nitrogen and oxygen atoms in total. The van der Waals surface area contributed by atoms with Gasteiger partial charge in [0.15, 0.2) is 0 Å². The van der Waals surface area contributed by atoms with Crippen molar-refractivity contribution in [2.75, 3.05) is 0 Å². The van der Waals surface area contributed by atoms with Crippen molar-refractivity contribution < 1.29 is 4.92 Å². The molecular weight excluding hydrogens is 290 g/mol. The van der Waals surface area contributed by atoms with Gasteiger partial charge < -0.3 is 0 Å². The summed E-state index contributed by atoms with van der Waals surface area (Å²) < 4.78 is 0.911. The number of halogens is 2. The highest BCUT2D eigenvalue weighted by molar-refractivity contribution is 9.10. The zero-order chi connectivity index (χ0) is 9.14. The first kappa shape index (κ1) is 9.67. The van der Waals surface area contributed by atoms with Crippen molar-refractivity contribution in [3.8, 4) is 0 Å². The molecule has 5 heteroatoms. The van der Waals surface area contributed by atoms with Crippen molar-refractivity contribution in [1.82, 2.24) is 0 Å². The fourth-order valence-corrected chi connectivity index (χ4v) is 1.31. The Morgan fingerprint density at radius 1 is 1.33 bits per heavy atom. The Morgan fingerprint density at radius 2 is 1.83 bits per heavy atom. The molecule has 0 saturated heterocycles. The van der Waals surface area contributed by atoms with Crippen LogP contribution >= 0.6 is 31.9 Å². The maximum atomic E-state index is 10.3. The molecule has 0 amide bonds. The van der Waals surface area contributed by atoms with Gasteiger partial charge in [-0.3, -0.25) is 10.1 Å². The molecule has 1 aromatic carbocycles. The van der Waals surface area contributed by atoms with Crippen LogP contribution in [0, 0.1) is 10.1 Å². The van der Waals surface area contributed by atoms with E-state index in [9.17, 15) is 10.1 Å². The van der Waals surface area contributed by atoms with E-state index >= 15 is 0 Å². The molecule has 0 fully saturated rings. The monoisotopic (exact) mass is 293 g/mol. The van der Waals surface area contributed by atoms with Gasteiger partial charge in [-0.15, -0.1) is 0 Å². The van der Waals surface area contributed by atoms with Crippen LogP contribution in [-0.4, -0.2) is 4.92 Å². The number of hydrogen-bond acceptors (Lipinski definition) is 2. The van der Waals surface area contributed by atoms with Gasteiger partial charge in [-0.25, -0.2) is 0 Å². The molecule has 0 aromatic heterocycles. The van der Waals surface area contributed by atoms with Gasteiger partial charge in [0.2, 0.25) is 0 Å². The van der Waals surface area contributed by atoms with E-state index in [0.717, 1.165) is 4.47 Å². The van der Waals surface area contributed by atoms with E-state index in [-0.39, 0.29) is 4.92 Å². The number of alkyl halides is 1. The molecule has 1 aromatic rings. The van der Waals surface area contributed by atoms with Crippen LogP contribution in [0.1, 0.15) is 10.5 Å². The van der Waals surface area contributed by atoms with E-state index in [1.54, 1.807) is 24.3 Å². The van der Waals surface area contributed by atoms with Gasteiger partial charge in [-0.1, -0.05) is 28.1 Å². The lowest BCUT2D eigenvalue weighted by molar-refractivity contribution is -0.498. The molecule has 0 N–H and O–H groups in total. The van der Waals surface area contributed by atoms with Crippen LogP contribution in [-0.2, 0) is 0 Å². The van der Waals surface area contributed by atoms with Gasteiger partial charge in [-0.05, 0) is 12.1 Å². The van der Waals surface area contributed by atoms with Crippen molar-refractivity contribution >= 4 is 31.9 Å². The summed E-state index contributed by atoms with van der Waals surface area (Å²) in [6.07, 6.45) is 0. The van der Waals surface area contributed by atoms with Crippen LogP contribution in [0.25, 0.3) is 0 Å². The van der Waals surface area contributed by atoms with Crippen LogP contribution < -0.4 is 0 Å². The minimum absolute atomic E-state index is 0.386. The van der Waals surface area contributed by atoms with E-state index in [4.69, 9.17) is 0 Å². The van der Waals surface area contributed by atoms with E-state index in [1.807, 2.05) is 0 Å². The van der Waals surface area contributed by atoms with Gasteiger partial charge in [0.25, 0.3) is 4.95 Å². The highest BCUT2D eigenvalue weighted by Gasteiger charge is 2.16. The average Bonchev–Trinajstić information content (AvgIpc) is 2.04. The smallest absolute Gasteiger partial charge is 0.263 e. The predicted octanol–water partition coefficient (Wildman–Crippen LogP) is 3.12. The molecule has 0 bridgehead atoms. The molecule has 1 rings (SSSR count). The Balaban J connectivity index is 2.89. The van der Waals surface area contributed by atoms with Crippen molar-refractivity contribution in [3.05, 3.63) is 44.4 Å². The second-order valence-corrected chi connectivity index (χ2v) is 3.96. The highest BCUT2D eigenvalue weighted by Crippen LogP contribution is 2.24. The van der Waals surface area contributed by atoms with E-state index in [0.29, 0.717) is 5.56 Å². The Bertz CT molecular complexity index is 286. The van der Waals surface area contributed by atoms with Gasteiger partial charge in [0.1, 0.15) is 0 Å². The molecule has 0 heterocycles. The average molecular weight is 295 g/mol. The maximum Gasteiger partial charge on any atom is 0.290 e. The second-order valence-electron chi connectivity index (χ2n) is 2.17. The van der Waals surface area contributed by atoms with Crippen LogP contribution in [0.5, 0.6) is 0 Å². The summed E-state index contributed by atoms with van der Waals surface area (Å²) in [7, 11) is 0. The molecule has 0 aliphatic carbocycles. The normalized spacial score (nSPS) is 12.5. The Kier molecular flexibility index (Phi) is 3.22. The molecule has 1 unspecified atom stereocenters. The molecule has 12 heavy (non-hydrogen) atoms. The molecule has 0 radical (unpaired) electrons. The van der Waals surface area contributed by atoms with Crippen LogP contribution in [0.3, 0.4) is 0 Å². The Labute approximate surface area is 86.2 Å². The number of rotatable bonds is 2. The van der Waals surface area contributed by atoms with Crippen LogP contribution in [0.2, 0.25) is 0 Å². The Hall–Kier alpha value is -0.420. The Morgan fingerprint density at radius 3 is 2.25 bits per heavy atom. The minimum atomic E-state index is -0.814. The van der Waals surface area contributed by atoms with Crippen molar-refractivity contribution in [2.24, 2.45) is 0 Å². The number of hydrogen-bond donors (Lipinski definition) is 0. The lowest BCUT2D eigenvalue weighted by atomic mass is 10.2. The third kappa shape index (κ3) is 2.28. The molecule has 1 atom stereocenters. The van der Waals surface area contributed by atoms with Crippen LogP contribution in [0.4, 0.5) is 0 Å². The molecule has 0 aliphatic rings. The van der Waals surface area contributed by atoms with Crippen molar-refractivity contribution in [1.29, 1.82) is 0 Å². The van der Waals surface area contributed by atoms with Gasteiger partial charge in [0, 0.05) is 30.9 Å². The fraction of sp³-hybridized carbons (Fsp3) is 0.143. The molecule has 0 aliphatic heterocycles. The quantitative estimate of drug-likeness (QED) is 0.364. The number of nitro groups is 1. The van der Waals surface area contributed by atoms with Crippen molar-refractivity contribution in [2.45, 2.75) is 4.95 Å². The maximum absolute atomic E-state index is 10.3. The molecule has 0 saturated carbocycles. The zero-order valence-electron chi connectivity index (χ0n) is 5.91. The van der Waals surface area contributed by atoms with E-state index in [1.165, 1.54) is 0 Å². The zero-order valence-corrected chi connectivity index (χ0v) is 9.08. The van der Waals surface area contributed by atoms with Crippen LogP contribution in [0.15, 0.2) is 28.7 Å². The first-order valence-electron chi connectivity index (χ1n) is 3.14. The minimum Gasteiger partial charge on any atom is -0.263 e. The SMILES string of the molecule is O=[N+]([O-])C(Br)c1ccc(Br)cc1. The standard InChI is InChI=1S/C7H5Br2NO2/c8-6-3-1-5(2-4-6)7(9)10(11)12/h1-4,7H. The first-order valence-corrected chi connectivity index (χ1v) is 4.85. The lowest BCUT2D eigenvalue weighted by Gasteiger charge is -2.01. The third-order valence-corrected chi connectivity index (χ3v) is 2.72. The topological polar surface area (TPSA) is 43.1 Å². The summed E-state index contributed by atoms with van der Waals surface area (Å²) in [5.41, 5.74) is 0.642. The predicted molar refractivity (Wildman–Crippen MR) is 52.8 cm³/mol. The molecule has 0 spiro atoms. The summed E-state index contributed by atoms with van der Waals surface area (Å²) >= 11 is 6.21. The summed E-state index contributed by atoms with van der Waals surface area (Å²) in [4.78, 5) is 9.13. The van der Waals surface area contributed by atoms with Gasteiger partial charge in [0.05, 0.1) is 0 Å². The second kappa shape index (κ2) is 4.00. The lowest BCUT2D eigenvalue weighted by Crippen LogP contribution is -2.01. The van der Waals surface area contributed by atoms with Crippen molar-refractivity contribution in [3.63, 3.8) is 0 Å². The number of nitrogens with zero attached hydrogens (tertiary/aromatic N) is 1. The van der Waals surface area contributed by atoms with Gasteiger partial charge >= 0.3 is 0 Å². The van der Waals surface area contributed by atoms with E-state index in [2.05, 4.69) is 31.9 Å². The summed E-state index contributed by atoms with van der Waals surface area (Å²) in [6.45, 7) is 0. The first-order chi connectivity index (χ1) is 5.61. The molecule has 64 valence electrons. The highest BCUT2D eigenvalue weighted by atomic mass is 79.9. The van der Waals surface area contributed by atoms with E-state index < -0.39 is 4.95 Å². The third-order valence-electron chi connectivity index (χ3n) is 1.33. The fourth-order valence-electron chi connectivity index (χ4n) is 0.743.